The molecule has 2 aromatic carbocycles. The fourth-order valence-corrected chi connectivity index (χ4v) is 5.07. The van der Waals surface area contributed by atoms with Crippen molar-refractivity contribution in [3.63, 3.8) is 0 Å². The molecule has 1 aliphatic heterocycles. The van der Waals surface area contributed by atoms with Gasteiger partial charge < -0.3 is 0 Å². The maximum absolute atomic E-state index is 13.2. The van der Waals surface area contributed by atoms with E-state index in [9.17, 15) is 13.2 Å². The molecule has 0 spiro atoms. The number of hydrazine groups is 1. The summed E-state index contributed by atoms with van der Waals surface area (Å²) in [7, 11) is -3.48. The van der Waals surface area contributed by atoms with Gasteiger partial charge in [-0.05, 0) is 50.1 Å². The Morgan fingerprint density at radius 2 is 1.82 bits per heavy atom. The van der Waals surface area contributed by atoms with Crippen LogP contribution in [0.25, 0.3) is 16.9 Å². The highest BCUT2D eigenvalue weighted by Gasteiger charge is 2.25. The lowest BCUT2D eigenvalue weighted by Gasteiger charge is -2.26. The normalized spacial score (nSPS) is 14.1. The molecule has 0 atom stereocenters. The second kappa shape index (κ2) is 12.3. The number of amides is 1. The van der Waals surface area contributed by atoms with Crippen LogP contribution in [0.2, 0.25) is 10.0 Å². The molecule has 0 radical (unpaired) electrons. The highest BCUT2D eigenvalue weighted by molar-refractivity contribution is 7.85. The van der Waals surface area contributed by atoms with Crippen molar-refractivity contribution in [3.05, 3.63) is 69.3 Å². The first-order valence-electron chi connectivity index (χ1n) is 12.2. The third-order valence-corrected chi connectivity index (χ3v) is 7.14. The highest BCUT2D eigenvalue weighted by atomic mass is 35.5. The van der Waals surface area contributed by atoms with Crippen molar-refractivity contribution >= 4 is 39.2 Å². The van der Waals surface area contributed by atoms with E-state index in [2.05, 4.69) is 22.4 Å². The summed E-state index contributed by atoms with van der Waals surface area (Å²) in [6, 6.07) is 12.6. The van der Waals surface area contributed by atoms with Gasteiger partial charge in [-0.2, -0.15) is 13.5 Å². The molecule has 1 amide bonds. The van der Waals surface area contributed by atoms with E-state index in [1.165, 1.54) is 0 Å². The Morgan fingerprint density at radius 1 is 1.11 bits per heavy atom. The van der Waals surface area contributed by atoms with Gasteiger partial charge in [-0.15, -0.1) is 0 Å². The molecule has 1 fully saturated rings. The second-order valence-corrected chi connectivity index (χ2v) is 11.5. The van der Waals surface area contributed by atoms with Gasteiger partial charge in [-0.1, -0.05) is 53.6 Å². The Bertz CT molecular complexity index is 1490. The minimum absolute atomic E-state index is 0.00637. The van der Waals surface area contributed by atoms with E-state index in [1.54, 1.807) is 22.9 Å². The molecule has 3 aromatic rings. The average Bonchev–Trinajstić information content (AvgIpc) is 3.21. The van der Waals surface area contributed by atoms with Crippen molar-refractivity contribution in [2.45, 2.75) is 32.6 Å². The second-order valence-electron chi connectivity index (χ2n) is 8.97. The van der Waals surface area contributed by atoms with Crippen molar-refractivity contribution in [2.24, 2.45) is 0 Å². The number of hydrogen-bond acceptors (Lipinski definition) is 6. The Morgan fingerprint density at radius 3 is 2.47 bits per heavy atom. The molecule has 1 aliphatic rings. The summed E-state index contributed by atoms with van der Waals surface area (Å²) in [6.07, 6.45) is 4.53. The zero-order chi connectivity index (χ0) is 27.3. The van der Waals surface area contributed by atoms with Crippen LogP contribution in [0.5, 0.6) is 0 Å². The predicted molar refractivity (Wildman–Crippen MR) is 149 cm³/mol. The number of nitrogens with zero attached hydrogens (tertiary/aromatic N) is 3. The molecular formula is C27H28Cl2N4O4S. The van der Waals surface area contributed by atoms with E-state index in [-0.39, 0.29) is 18.9 Å². The lowest BCUT2D eigenvalue weighted by Crippen LogP contribution is -2.45. The lowest BCUT2D eigenvalue weighted by molar-refractivity contribution is 0.0743. The van der Waals surface area contributed by atoms with Crippen LogP contribution in [-0.4, -0.2) is 55.1 Å². The number of rotatable bonds is 7. The molecule has 0 saturated carbocycles. The van der Waals surface area contributed by atoms with E-state index < -0.39 is 10.1 Å². The van der Waals surface area contributed by atoms with Crippen LogP contribution >= 0.6 is 23.2 Å². The van der Waals surface area contributed by atoms with Crippen molar-refractivity contribution < 1.29 is 17.4 Å². The molecule has 1 saturated heterocycles. The van der Waals surface area contributed by atoms with Gasteiger partial charge in [0.1, 0.15) is 0 Å². The van der Waals surface area contributed by atoms with Gasteiger partial charge in [-0.25, -0.2) is 9.69 Å². The Hall–Kier alpha value is -2.87. The molecule has 2 heterocycles. The number of carbonyl (C=O) groups is 1. The van der Waals surface area contributed by atoms with Crippen LogP contribution in [0.3, 0.4) is 0 Å². The molecule has 0 aliphatic carbocycles. The molecule has 1 aromatic heterocycles. The topological polar surface area (TPSA) is 93.5 Å². The third kappa shape index (κ3) is 7.16. The number of carbonyl (C=O) groups excluding carboxylic acids is 1. The number of hydrogen-bond donors (Lipinski definition) is 1. The molecule has 200 valence electrons. The molecule has 1 N–H and O–H groups in total. The Balaban J connectivity index is 1.65. The van der Waals surface area contributed by atoms with Gasteiger partial charge in [0, 0.05) is 41.2 Å². The predicted octanol–water partition coefficient (Wildman–Crippen LogP) is 5.00. The molecular weight excluding hydrogens is 547 g/mol. The monoisotopic (exact) mass is 574 g/mol. The molecule has 38 heavy (non-hydrogen) atoms. The van der Waals surface area contributed by atoms with E-state index in [0.29, 0.717) is 27.0 Å². The zero-order valence-electron chi connectivity index (χ0n) is 21.1. The van der Waals surface area contributed by atoms with Gasteiger partial charge >= 0.3 is 0 Å². The summed E-state index contributed by atoms with van der Waals surface area (Å²) in [5, 5.41) is 7.53. The largest absolute Gasteiger partial charge is 0.286 e. The van der Waals surface area contributed by atoms with E-state index >= 15 is 0 Å². The fraction of sp³-hybridized carbons (Fsp3) is 0.333. The molecule has 4 rings (SSSR count). The average molecular weight is 576 g/mol. The Labute approximate surface area is 233 Å². The number of aromatic nitrogens is 2. The molecule has 11 heteroatoms. The van der Waals surface area contributed by atoms with Crippen LogP contribution in [0.15, 0.2) is 42.5 Å². The number of nitrogens with one attached hydrogen (secondary N) is 1. The SMILES string of the molecule is Cc1c(C(=O)NN2CCCCC2)nn(-c2ccc(Cl)cc2Cl)c1-c1ccc(C#CCCOS(C)(=O)=O)cc1. The van der Waals surface area contributed by atoms with Crippen LogP contribution in [0.1, 0.15) is 47.3 Å². The Kier molecular flexibility index (Phi) is 9.13. The summed E-state index contributed by atoms with van der Waals surface area (Å²) < 4.78 is 28.5. The summed E-state index contributed by atoms with van der Waals surface area (Å²) in [5.41, 5.74) is 6.91. The van der Waals surface area contributed by atoms with Crippen LogP contribution in [0, 0.1) is 18.8 Å². The minimum Gasteiger partial charge on any atom is -0.283 e. The van der Waals surface area contributed by atoms with Crippen LogP contribution in [-0.2, 0) is 14.3 Å². The van der Waals surface area contributed by atoms with Crippen LogP contribution in [0.4, 0.5) is 0 Å². The summed E-state index contributed by atoms with van der Waals surface area (Å²) in [4.78, 5) is 13.2. The van der Waals surface area contributed by atoms with Gasteiger partial charge in [0.25, 0.3) is 16.0 Å². The fourth-order valence-electron chi connectivity index (χ4n) is 4.20. The number of halogens is 2. The summed E-state index contributed by atoms with van der Waals surface area (Å²) in [6.45, 7) is 3.49. The number of piperidine rings is 1. The maximum Gasteiger partial charge on any atom is 0.286 e. The van der Waals surface area contributed by atoms with Crippen LogP contribution < -0.4 is 5.43 Å². The van der Waals surface area contributed by atoms with Crippen molar-refractivity contribution in [1.82, 2.24) is 20.2 Å². The zero-order valence-corrected chi connectivity index (χ0v) is 23.5. The van der Waals surface area contributed by atoms with Crippen molar-refractivity contribution in [3.8, 4) is 28.8 Å². The van der Waals surface area contributed by atoms with E-state index in [0.717, 1.165) is 55.4 Å². The molecule has 0 bridgehead atoms. The maximum atomic E-state index is 13.2. The first kappa shape index (κ1) is 28.1. The van der Waals surface area contributed by atoms with Crippen molar-refractivity contribution in [2.75, 3.05) is 26.0 Å². The quantitative estimate of drug-likeness (QED) is 0.242. The van der Waals surface area contributed by atoms with Gasteiger partial charge in [0.2, 0.25) is 0 Å². The first-order chi connectivity index (χ1) is 18.1. The smallest absolute Gasteiger partial charge is 0.283 e. The van der Waals surface area contributed by atoms with E-state index in [1.807, 2.05) is 36.2 Å². The minimum atomic E-state index is -3.48. The highest BCUT2D eigenvalue weighted by Crippen LogP contribution is 2.33. The summed E-state index contributed by atoms with van der Waals surface area (Å²) >= 11 is 12.7. The summed E-state index contributed by atoms with van der Waals surface area (Å²) in [5.74, 6) is 5.64. The first-order valence-corrected chi connectivity index (χ1v) is 14.7. The third-order valence-electron chi connectivity index (χ3n) is 6.01. The molecule has 8 nitrogen and oxygen atoms in total. The van der Waals surface area contributed by atoms with Gasteiger partial charge in [-0.3, -0.25) is 14.4 Å². The molecule has 0 unspecified atom stereocenters. The van der Waals surface area contributed by atoms with E-state index in [4.69, 9.17) is 27.4 Å². The lowest BCUT2D eigenvalue weighted by atomic mass is 10.0. The van der Waals surface area contributed by atoms with Gasteiger partial charge in [0.15, 0.2) is 5.69 Å². The number of benzene rings is 2. The van der Waals surface area contributed by atoms with Crippen molar-refractivity contribution in [1.29, 1.82) is 0 Å². The van der Waals surface area contributed by atoms with Gasteiger partial charge in [0.05, 0.1) is 29.3 Å². The standard InChI is InChI=1S/C27H28Cl2N4O4S/c1-19-25(27(34)31-32-15-5-3-6-16-32)30-33(24-14-13-22(28)18-23(24)29)26(19)21-11-9-20(10-12-21)8-4-7-17-37-38(2,35)36/h9-14,18H,3,5-7,15-17H2,1-2H3,(H,31,34).